The average molecular weight is 132 g/mol. The van der Waals surface area contributed by atoms with Crippen LogP contribution in [0.25, 0.3) is 0 Å². The Hall–Kier alpha value is -0.180. The Bertz CT molecular complexity index is 82.5. The number of hydrogen-bond acceptors (Lipinski definition) is 2. The SMILES string of the molecule is [CH2]SCC(=O)N(C)C. The van der Waals surface area contributed by atoms with Crippen molar-refractivity contribution in [1.82, 2.24) is 4.90 Å². The van der Waals surface area contributed by atoms with Gasteiger partial charge < -0.3 is 4.90 Å². The van der Waals surface area contributed by atoms with Crippen LogP contribution in [0.15, 0.2) is 0 Å². The Balaban J connectivity index is 3.33. The van der Waals surface area contributed by atoms with Gasteiger partial charge in [0.05, 0.1) is 5.75 Å². The summed E-state index contributed by atoms with van der Waals surface area (Å²) in [6.45, 7) is 0. The molecule has 0 aromatic rings. The third kappa shape index (κ3) is 2.91. The van der Waals surface area contributed by atoms with Crippen LogP contribution in [0, 0.1) is 6.26 Å². The van der Waals surface area contributed by atoms with Gasteiger partial charge >= 0.3 is 0 Å². The molecule has 0 rings (SSSR count). The second-order valence-electron chi connectivity index (χ2n) is 1.64. The fourth-order valence-corrected chi connectivity index (χ4v) is 0.649. The number of rotatable bonds is 2. The molecule has 8 heavy (non-hydrogen) atoms. The number of hydrogen-bond donors (Lipinski definition) is 0. The summed E-state index contributed by atoms with van der Waals surface area (Å²) in [6, 6.07) is 0. The Morgan fingerprint density at radius 1 is 1.75 bits per heavy atom. The van der Waals surface area contributed by atoms with Gasteiger partial charge in [0.2, 0.25) is 5.91 Å². The van der Waals surface area contributed by atoms with E-state index in [1.165, 1.54) is 11.8 Å². The topological polar surface area (TPSA) is 20.3 Å². The molecule has 0 saturated carbocycles. The Kier molecular flexibility index (Phi) is 3.69. The molecule has 0 aromatic carbocycles. The minimum atomic E-state index is 0.116. The molecule has 0 aliphatic heterocycles. The normalized spacial score (nSPS) is 8.88. The van der Waals surface area contributed by atoms with Crippen LogP contribution >= 0.6 is 11.8 Å². The summed E-state index contributed by atoms with van der Waals surface area (Å²) in [5.74, 6) is 0.595. The summed E-state index contributed by atoms with van der Waals surface area (Å²) < 4.78 is 0. The van der Waals surface area contributed by atoms with Crippen molar-refractivity contribution < 1.29 is 4.79 Å². The fraction of sp³-hybridized carbons (Fsp3) is 0.600. The van der Waals surface area contributed by atoms with E-state index in [1.807, 2.05) is 0 Å². The van der Waals surface area contributed by atoms with Crippen LogP contribution in [-0.4, -0.2) is 30.7 Å². The number of carbonyl (C=O) groups is 1. The van der Waals surface area contributed by atoms with Crippen LogP contribution in [0.2, 0.25) is 0 Å². The number of nitrogens with zero attached hydrogens (tertiary/aromatic N) is 1. The third-order valence-corrected chi connectivity index (χ3v) is 1.18. The first kappa shape index (κ1) is 7.82. The van der Waals surface area contributed by atoms with Gasteiger partial charge in [0, 0.05) is 20.4 Å². The van der Waals surface area contributed by atoms with Crippen molar-refractivity contribution in [2.75, 3.05) is 19.8 Å². The zero-order valence-electron chi connectivity index (χ0n) is 5.18. The lowest BCUT2D eigenvalue weighted by molar-refractivity contribution is -0.125. The molecule has 2 nitrogen and oxygen atoms in total. The summed E-state index contributed by atoms with van der Waals surface area (Å²) in [5.41, 5.74) is 0. The van der Waals surface area contributed by atoms with Gasteiger partial charge in [-0.3, -0.25) is 4.79 Å². The molecule has 0 unspecified atom stereocenters. The van der Waals surface area contributed by atoms with Crippen molar-refractivity contribution in [2.45, 2.75) is 0 Å². The molecule has 47 valence electrons. The van der Waals surface area contributed by atoms with Crippen molar-refractivity contribution in [3.05, 3.63) is 6.26 Å². The molecule has 1 amide bonds. The lowest BCUT2D eigenvalue weighted by Crippen LogP contribution is -2.23. The molecule has 0 atom stereocenters. The molecular formula is C5H10NOS. The van der Waals surface area contributed by atoms with Crippen LogP contribution < -0.4 is 0 Å². The molecule has 1 radical (unpaired) electrons. The molecule has 3 heteroatoms. The molecule has 0 bridgehead atoms. The predicted octanol–water partition coefficient (Wildman–Crippen LogP) is 0.599. The standard InChI is InChI=1S/C5H10NOS/c1-6(2)5(7)4-8-3/h3-4H2,1-2H3. The zero-order valence-corrected chi connectivity index (χ0v) is 5.99. The molecule has 0 aliphatic carbocycles. The van der Waals surface area contributed by atoms with Crippen LogP contribution in [-0.2, 0) is 4.79 Å². The maximum Gasteiger partial charge on any atom is 0.232 e. The summed E-state index contributed by atoms with van der Waals surface area (Å²) in [7, 11) is 3.47. The van der Waals surface area contributed by atoms with Gasteiger partial charge in [-0.2, -0.15) is 11.8 Å². The van der Waals surface area contributed by atoms with Gasteiger partial charge in [0.1, 0.15) is 0 Å². The van der Waals surface area contributed by atoms with Gasteiger partial charge in [-0.05, 0) is 0 Å². The number of amides is 1. The largest absolute Gasteiger partial charge is 0.348 e. The van der Waals surface area contributed by atoms with Crippen LogP contribution in [0.4, 0.5) is 0 Å². The third-order valence-electron chi connectivity index (χ3n) is 0.724. The minimum Gasteiger partial charge on any atom is -0.348 e. The molecule has 0 N–H and O–H groups in total. The van der Waals surface area contributed by atoms with E-state index in [4.69, 9.17) is 0 Å². The summed E-state index contributed by atoms with van der Waals surface area (Å²) in [4.78, 5) is 12.2. The minimum absolute atomic E-state index is 0.116. The van der Waals surface area contributed by atoms with E-state index in [-0.39, 0.29) is 5.91 Å². The zero-order chi connectivity index (χ0) is 6.57. The first-order valence-corrected chi connectivity index (χ1v) is 3.41. The van der Waals surface area contributed by atoms with E-state index in [1.54, 1.807) is 19.0 Å². The van der Waals surface area contributed by atoms with E-state index in [0.717, 1.165) is 0 Å². The van der Waals surface area contributed by atoms with E-state index in [0.29, 0.717) is 5.75 Å². The molecule has 0 aliphatic rings. The maximum atomic E-state index is 10.6. The van der Waals surface area contributed by atoms with Gasteiger partial charge in [0.25, 0.3) is 0 Å². The predicted molar refractivity (Wildman–Crippen MR) is 36.5 cm³/mol. The highest BCUT2D eigenvalue weighted by molar-refractivity contribution is 8.01. The molecule has 0 heterocycles. The summed E-state index contributed by atoms with van der Waals surface area (Å²) in [6.07, 6.45) is 3.48. The summed E-state index contributed by atoms with van der Waals surface area (Å²) in [5, 5.41) is 0. The van der Waals surface area contributed by atoms with Crippen molar-refractivity contribution in [1.29, 1.82) is 0 Å². The van der Waals surface area contributed by atoms with E-state index >= 15 is 0 Å². The Labute approximate surface area is 54.2 Å². The van der Waals surface area contributed by atoms with Crippen molar-refractivity contribution in [2.24, 2.45) is 0 Å². The monoisotopic (exact) mass is 132 g/mol. The van der Waals surface area contributed by atoms with E-state index < -0.39 is 0 Å². The lowest BCUT2D eigenvalue weighted by atomic mass is 10.6. The fourth-order valence-electron chi connectivity index (χ4n) is 0.216. The van der Waals surface area contributed by atoms with Crippen LogP contribution in [0.1, 0.15) is 0 Å². The first-order chi connectivity index (χ1) is 3.68. The molecule has 0 saturated heterocycles. The number of thioether (sulfide) groups is 1. The van der Waals surface area contributed by atoms with Crippen LogP contribution in [0.3, 0.4) is 0 Å². The number of carbonyl (C=O) groups excluding carboxylic acids is 1. The van der Waals surface area contributed by atoms with Gasteiger partial charge in [-0.15, -0.1) is 0 Å². The van der Waals surface area contributed by atoms with Gasteiger partial charge in [0.15, 0.2) is 0 Å². The van der Waals surface area contributed by atoms with Crippen molar-refractivity contribution in [3.8, 4) is 0 Å². The Morgan fingerprint density at radius 2 is 2.25 bits per heavy atom. The molecule has 0 fully saturated rings. The van der Waals surface area contributed by atoms with Gasteiger partial charge in [-0.25, -0.2) is 0 Å². The van der Waals surface area contributed by atoms with Crippen molar-refractivity contribution >= 4 is 17.7 Å². The van der Waals surface area contributed by atoms with E-state index in [9.17, 15) is 4.79 Å². The van der Waals surface area contributed by atoms with Crippen molar-refractivity contribution in [3.63, 3.8) is 0 Å². The van der Waals surface area contributed by atoms with E-state index in [2.05, 4.69) is 6.26 Å². The highest BCUT2D eigenvalue weighted by atomic mass is 32.2. The van der Waals surface area contributed by atoms with Gasteiger partial charge in [-0.1, -0.05) is 0 Å². The second-order valence-corrected chi connectivity index (χ2v) is 2.33. The lowest BCUT2D eigenvalue weighted by Gasteiger charge is -2.07. The average Bonchev–Trinajstić information content (AvgIpc) is 1.67. The smallest absolute Gasteiger partial charge is 0.232 e. The van der Waals surface area contributed by atoms with Crippen LogP contribution in [0.5, 0.6) is 0 Å². The quantitative estimate of drug-likeness (QED) is 0.548. The molecule has 0 spiro atoms. The molecular weight excluding hydrogens is 122 g/mol. The maximum absolute atomic E-state index is 10.6. The summed E-state index contributed by atoms with van der Waals surface area (Å²) >= 11 is 1.30. The second kappa shape index (κ2) is 3.78. The first-order valence-electron chi connectivity index (χ1n) is 2.25. The highest BCUT2D eigenvalue weighted by Gasteiger charge is 1.99. The Morgan fingerprint density at radius 3 is 2.38 bits per heavy atom. The highest BCUT2D eigenvalue weighted by Crippen LogP contribution is 1.94. The molecule has 0 aromatic heterocycles.